The van der Waals surface area contributed by atoms with E-state index in [2.05, 4.69) is 0 Å². The molecular weight excluding hydrogens is 304 g/mol. The molecule has 0 aliphatic carbocycles. The van der Waals surface area contributed by atoms with Crippen molar-refractivity contribution in [3.63, 3.8) is 0 Å². The van der Waals surface area contributed by atoms with Crippen molar-refractivity contribution in [3.8, 4) is 0 Å². The second-order valence-corrected chi connectivity index (χ2v) is 7.47. The van der Waals surface area contributed by atoms with E-state index in [0.29, 0.717) is 0 Å². The average Bonchev–Trinajstić information content (AvgIpc) is 2.94. The van der Waals surface area contributed by atoms with Crippen molar-refractivity contribution in [2.75, 3.05) is 13.2 Å². The SMILES string of the molecule is CC1(C)OC[C@@H]([C@@H]2OS(=O)(=O)O[C@H]2[C@H]2COC(C)(C)O2)O1. The van der Waals surface area contributed by atoms with Crippen LogP contribution in [0.4, 0.5) is 0 Å². The van der Waals surface area contributed by atoms with Crippen LogP contribution in [0.25, 0.3) is 0 Å². The fourth-order valence-corrected chi connectivity index (χ4v) is 3.76. The Kier molecular flexibility index (Phi) is 3.60. The van der Waals surface area contributed by atoms with Crippen LogP contribution < -0.4 is 0 Å². The van der Waals surface area contributed by atoms with Gasteiger partial charge in [0.25, 0.3) is 0 Å². The molecule has 8 nitrogen and oxygen atoms in total. The van der Waals surface area contributed by atoms with E-state index in [1.54, 1.807) is 27.7 Å². The molecule has 3 aliphatic heterocycles. The standard InChI is InChI=1S/C12H20O8S/c1-11(2)15-5-7(17-11)9-10(20-21(13,14)19-9)8-6-16-12(3,4)18-8/h7-10H,5-6H2,1-4H3/t7-,8+,9-,10-/m0/s1. The van der Waals surface area contributed by atoms with Crippen LogP contribution in [-0.4, -0.2) is 57.6 Å². The zero-order chi connectivity index (χ0) is 15.5. The molecule has 3 heterocycles. The van der Waals surface area contributed by atoms with Gasteiger partial charge in [-0.1, -0.05) is 0 Å². The molecule has 0 radical (unpaired) electrons. The maximum atomic E-state index is 11.7. The molecule has 3 saturated heterocycles. The van der Waals surface area contributed by atoms with E-state index >= 15 is 0 Å². The Morgan fingerprint density at radius 2 is 1.19 bits per heavy atom. The molecule has 3 aliphatic rings. The van der Waals surface area contributed by atoms with Crippen LogP contribution >= 0.6 is 0 Å². The van der Waals surface area contributed by atoms with Gasteiger partial charge >= 0.3 is 10.4 Å². The fraction of sp³-hybridized carbons (Fsp3) is 1.00. The van der Waals surface area contributed by atoms with Gasteiger partial charge in [-0.15, -0.1) is 0 Å². The molecule has 0 bridgehead atoms. The lowest BCUT2D eigenvalue weighted by molar-refractivity contribution is -0.165. The molecule has 0 saturated carbocycles. The van der Waals surface area contributed by atoms with Crippen LogP contribution in [0.1, 0.15) is 27.7 Å². The molecule has 0 amide bonds. The van der Waals surface area contributed by atoms with E-state index in [1.165, 1.54) is 0 Å². The number of ether oxygens (including phenoxy) is 4. The summed E-state index contributed by atoms with van der Waals surface area (Å²) in [6.07, 6.45) is -2.73. The minimum Gasteiger partial charge on any atom is -0.348 e. The van der Waals surface area contributed by atoms with Gasteiger partial charge < -0.3 is 18.9 Å². The molecule has 0 aromatic carbocycles. The van der Waals surface area contributed by atoms with Gasteiger partial charge in [-0.25, -0.2) is 8.37 Å². The van der Waals surface area contributed by atoms with Crippen LogP contribution in [0, 0.1) is 0 Å². The second-order valence-electron chi connectivity index (χ2n) is 6.26. The first kappa shape index (κ1) is 15.6. The maximum absolute atomic E-state index is 11.7. The number of hydrogen-bond acceptors (Lipinski definition) is 8. The second kappa shape index (κ2) is 4.85. The van der Waals surface area contributed by atoms with Gasteiger partial charge in [-0.2, -0.15) is 8.42 Å². The van der Waals surface area contributed by atoms with Crippen LogP contribution in [0.15, 0.2) is 0 Å². The third kappa shape index (κ3) is 3.24. The monoisotopic (exact) mass is 324 g/mol. The third-order valence-corrected chi connectivity index (χ3v) is 4.49. The normalized spacial score (nSPS) is 44.2. The lowest BCUT2D eigenvalue weighted by Crippen LogP contribution is -2.45. The summed E-state index contributed by atoms with van der Waals surface area (Å²) in [5.74, 6) is -1.56. The summed E-state index contributed by atoms with van der Waals surface area (Å²) in [4.78, 5) is 0. The zero-order valence-electron chi connectivity index (χ0n) is 12.4. The summed E-state index contributed by atoms with van der Waals surface area (Å²) < 4.78 is 55.6. The zero-order valence-corrected chi connectivity index (χ0v) is 13.2. The van der Waals surface area contributed by atoms with Gasteiger partial charge in [-0.05, 0) is 27.7 Å². The molecular formula is C12H20O8S. The first-order valence-electron chi connectivity index (χ1n) is 6.82. The molecule has 0 aromatic rings. The van der Waals surface area contributed by atoms with Crippen LogP contribution in [-0.2, 0) is 37.7 Å². The molecule has 3 fully saturated rings. The lowest BCUT2D eigenvalue weighted by Gasteiger charge is -2.25. The van der Waals surface area contributed by atoms with E-state index in [-0.39, 0.29) is 13.2 Å². The summed E-state index contributed by atoms with van der Waals surface area (Å²) >= 11 is 0. The van der Waals surface area contributed by atoms with Gasteiger partial charge in [0.15, 0.2) is 11.6 Å². The average molecular weight is 324 g/mol. The molecule has 122 valence electrons. The fourth-order valence-electron chi connectivity index (χ4n) is 2.71. The van der Waals surface area contributed by atoms with E-state index in [0.717, 1.165) is 0 Å². The van der Waals surface area contributed by atoms with Gasteiger partial charge in [0.1, 0.15) is 24.4 Å². The van der Waals surface area contributed by atoms with E-state index in [9.17, 15) is 8.42 Å². The van der Waals surface area contributed by atoms with Crippen molar-refractivity contribution in [3.05, 3.63) is 0 Å². The first-order valence-corrected chi connectivity index (χ1v) is 8.15. The molecule has 0 unspecified atom stereocenters. The van der Waals surface area contributed by atoms with Crippen molar-refractivity contribution in [1.29, 1.82) is 0 Å². The Hall–Kier alpha value is -0.290. The molecule has 4 atom stereocenters. The Morgan fingerprint density at radius 3 is 1.48 bits per heavy atom. The molecule has 3 rings (SSSR count). The van der Waals surface area contributed by atoms with E-state index in [1.807, 2.05) is 0 Å². The topological polar surface area (TPSA) is 89.5 Å². The Labute approximate surface area is 123 Å². The minimum absolute atomic E-state index is 0.226. The third-order valence-electron chi connectivity index (χ3n) is 3.58. The minimum atomic E-state index is -4.07. The van der Waals surface area contributed by atoms with E-state index < -0.39 is 46.4 Å². The summed E-state index contributed by atoms with van der Waals surface area (Å²) in [5, 5.41) is 0. The van der Waals surface area contributed by atoms with Gasteiger partial charge in [-0.3, -0.25) is 0 Å². The molecule has 0 spiro atoms. The van der Waals surface area contributed by atoms with Gasteiger partial charge in [0, 0.05) is 0 Å². The van der Waals surface area contributed by atoms with Crippen LogP contribution in [0.3, 0.4) is 0 Å². The predicted octanol–water partition coefficient (Wildman–Crippen LogP) is 0.318. The quantitative estimate of drug-likeness (QED) is 0.717. The van der Waals surface area contributed by atoms with Gasteiger partial charge in [0.05, 0.1) is 13.2 Å². The Bertz CT molecular complexity index is 473. The Morgan fingerprint density at radius 1 is 0.810 bits per heavy atom. The van der Waals surface area contributed by atoms with Crippen molar-refractivity contribution in [1.82, 2.24) is 0 Å². The predicted molar refractivity (Wildman–Crippen MR) is 68.5 cm³/mol. The lowest BCUT2D eigenvalue weighted by atomic mass is 10.0. The largest absolute Gasteiger partial charge is 0.400 e. The van der Waals surface area contributed by atoms with Gasteiger partial charge in [0.2, 0.25) is 0 Å². The van der Waals surface area contributed by atoms with Crippen molar-refractivity contribution < 1.29 is 35.7 Å². The summed E-state index contributed by atoms with van der Waals surface area (Å²) in [6, 6.07) is 0. The summed E-state index contributed by atoms with van der Waals surface area (Å²) in [5.41, 5.74) is 0. The highest BCUT2D eigenvalue weighted by molar-refractivity contribution is 7.82. The highest BCUT2D eigenvalue weighted by Crippen LogP contribution is 2.37. The van der Waals surface area contributed by atoms with E-state index in [4.69, 9.17) is 27.3 Å². The molecule has 9 heteroatoms. The van der Waals surface area contributed by atoms with Crippen molar-refractivity contribution in [2.24, 2.45) is 0 Å². The first-order chi connectivity index (χ1) is 9.57. The summed E-state index contributed by atoms with van der Waals surface area (Å²) in [7, 11) is -4.07. The Balaban J connectivity index is 1.78. The summed E-state index contributed by atoms with van der Waals surface area (Å²) in [6.45, 7) is 7.47. The molecule has 0 N–H and O–H groups in total. The van der Waals surface area contributed by atoms with Crippen LogP contribution in [0.2, 0.25) is 0 Å². The number of rotatable bonds is 2. The van der Waals surface area contributed by atoms with Crippen LogP contribution in [0.5, 0.6) is 0 Å². The number of hydrogen-bond donors (Lipinski definition) is 0. The maximum Gasteiger partial charge on any atom is 0.400 e. The smallest absolute Gasteiger partial charge is 0.348 e. The highest BCUT2D eigenvalue weighted by atomic mass is 32.3. The molecule has 0 aromatic heterocycles. The van der Waals surface area contributed by atoms with Crippen molar-refractivity contribution in [2.45, 2.75) is 63.7 Å². The molecule has 21 heavy (non-hydrogen) atoms. The van der Waals surface area contributed by atoms with Crippen molar-refractivity contribution >= 4 is 10.4 Å². The highest BCUT2D eigenvalue weighted by Gasteiger charge is 2.54.